The molecule has 2 saturated heterocycles. The fraction of sp³-hybridized carbons (Fsp3) is 0.545. The second-order valence-electron chi connectivity index (χ2n) is 4.35. The monoisotopic (exact) mass is 223 g/mol. The summed E-state index contributed by atoms with van der Waals surface area (Å²) in [5.74, 6) is 0.904. The summed E-state index contributed by atoms with van der Waals surface area (Å²) in [6.07, 6.45) is 3.15. The fourth-order valence-corrected chi connectivity index (χ4v) is 2.52. The zero-order valence-electron chi connectivity index (χ0n) is 8.49. The van der Waals surface area contributed by atoms with Crippen LogP contribution in [0.4, 0.5) is 5.69 Å². The Morgan fingerprint density at radius 2 is 2.40 bits per heavy atom. The lowest BCUT2D eigenvalue weighted by Crippen LogP contribution is -2.62. The fourth-order valence-electron chi connectivity index (χ4n) is 2.41. The molecule has 3 nitrogen and oxygen atoms in total. The van der Waals surface area contributed by atoms with E-state index in [0.29, 0.717) is 11.2 Å². The number of piperidine rings is 1. The molecule has 1 aromatic heterocycles. The third-order valence-corrected chi connectivity index (χ3v) is 3.70. The van der Waals surface area contributed by atoms with Crippen molar-refractivity contribution >= 4 is 17.3 Å². The molecule has 0 unspecified atom stereocenters. The quantitative estimate of drug-likeness (QED) is 0.732. The van der Waals surface area contributed by atoms with Crippen LogP contribution in [-0.4, -0.2) is 30.7 Å². The van der Waals surface area contributed by atoms with Gasteiger partial charge >= 0.3 is 0 Å². The third kappa shape index (κ3) is 1.70. The molecule has 2 aliphatic rings. The van der Waals surface area contributed by atoms with Crippen molar-refractivity contribution in [1.82, 2.24) is 10.3 Å². The summed E-state index contributed by atoms with van der Waals surface area (Å²) in [5, 5.41) is 4.04. The first-order valence-electron chi connectivity index (χ1n) is 5.43. The minimum atomic E-state index is 0.565. The maximum Gasteiger partial charge on any atom is 0.129 e. The molecular formula is C11H14ClN3. The normalized spacial score (nSPS) is 29.5. The summed E-state index contributed by atoms with van der Waals surface area (Å²) in [7, 11) is 0. The van der Waals surface area contributed by atoms with Gasteiger partial charge in [-0.3, -0.25) is 0 Å². The lowest BCUT2D eigenvalue weighted by molar-refractivity contribution is 0.197. The van der Waals surface area contributed by atoms with Crippen molar-refractivity contribution < 1.29 is 0 Å². The molecule has 0 saturated carbocycles. The first-order valence-corrected chi connectivity index (χ1v) is 5.80. The lowest BCUT2D eigenvalue weighted by Gasteiger charge is -2.46. The van der Waals surface area contributed by atoms with E-state index in [-0.39, 0.29) is 0 Å². The summed E-state index contributed by atoms with van der Waals surface area (Å²) < 4.78 is 0. The van der Waals surface area contributed by atoms with Crippen molar-refractivity contribution in [2.24, 2.45) is 5.92 Å². The average Bonchev–Trinajstić information content (AvgIpc) is 2.22. The molecule has 2 fully saturated rings. The molecule has 0 radical (unpaired) electrons. The van der Waals surface area contributed by atoms with Crippen LogP contribution in [0.3, 0.4) is 0 Å². The number of anilines is 1. The van der Waals surface area contributed by atoms with E-state index >= 15 is 0 Å². The minimum Gasteiger partial charge on any atom is -0.369 e. The van der Waals surface area contributed by atoms with E-state index in [1.807, 2.05) is 18.3 Å². The van der Waals surface area contributed by atoms with Gasteiger partial charge in [-0.25, -0.2) is 4.98 Å². The first-order chi connectivity index (χ1) is 7.33. The molecular weight excluding hydrogens is 210 g/mol. The van der Waals surface area contributed by atoms with Gasteiger partial charge in [0.1, 0.15) is 5.15 Å². The molecule has 0 aliphatic carbocycles. The van der Waals surface area contributed by atoms with Gasteiger partial charge in [0.2, 0.25) is 0 Å². The number of pyridine rings is 1. The van der Waals surface area contributed by atoms with Crippen LogP contribution in [0.2, 0.25) is 5.15 Å². The van der Waals surface area contributed by atoms with E-state index in [4.69, 9.17) is 11.6 Å². The number of hydrogen-bond donors (Lipinski definition) is 1. The van der Waals surface area contributed by atoms with E-state index in [1.54, 1.807) is 0 Å². The second-order valence-corrected chi connectivity index (χ2v) is 4.74. The summed E-state index contributed by atoms with van der Waals surface area (Å²) >= 11 is 5.77. The van der Waals surface area contributed by atoms with Crippen molar-refractivity contribution in [3.05, 3.63) is 23.5 Å². The van der Waals surface area contributed by atoms with Gasteiger partial charge in [0.15, 0.2) is 0 Å². The van der Waals surface area contributed by atoms with Crippen molar-refractivity contribution in [2.75, 3.05) is 24.5 Å². The molecule has 4 heteroatoms. The maximum atomic E-state index is 5.77. The van der Waals surface area contributed by atoms with E-state index in [9.17, 15) is 0 Å². The molecule has 2 atom stereocenters. The Labute approximate surface area is 94.4 Å². The molecule has 0 spiro atoms. The molecule has 0 aromatic carbocycles. The van der Waals surface area contributed by atoms with Crippen LogP contribution in [-0.2, 0) is 0 Å². The third-order valence-electron chi connectivity index (χ3n) is 3.48. The Kier molecular flexibility index (Phi) is 2.29. The van der Waals surface area contributed by atoms with Crippen LogP contribution in [0.15, 0.2) is 18.3 Å². The average molecular weight is 224 g/mol. The van der Waals surface area contributed by atoms with Crippen LogP contribution in [0.1, 0.15) is 6.42 Å². The molecule has 3 heterocycles. The zero-order valence-corrected chi connectivity index (χ0v) is 9.24. The largest absolute Gasteiger partial charge is 0.369 e. The topological polar surface area (TPSA) is 28.2 Å². The predicted octanol–water partition coefficient (Wildman–Crippen LogP) is 1.53. The van der Waals surface area contributed by atoms with Crippen LogP contribution in [0.25, 0.3) is 0 Å². The van der Waals surface area contributed by atoms with Gasteiger partial charge in [-0.15, -0.1) is 0 Å². The standard InChI is InChI=1S/C11H14ClN3/c12-11-2-1-9(6-14-11)15-4-3-8-5-13-10(8)7-15/h1-2,6,8,10,13H,3-5,7H2/t8-,10-/m1/s1. The van der Waals surface area contributed by atoms with Crippen LogP contribution in [0, 0.1) is 5.92 Å². The Morgan fingerprint density at radius 3 is 3.00 bits per heavy atom. The molecule has 80 valence electrons. The van der Waals surface area contributed by atoms with E-state index in [1.165, 1.54) is 18.7 Å². The highest BCUT2D eigenvalue weighted by Gasteiger charge is 2.35. The summed E-state index contributed by atoms with van der Waals surface area (Å²) in [6, 6.07) is 4.60. The van der Waals surface area contributed by atoms with E-state index < -0.39 is 0 Å². The summed E-state index contributed by atoms with van der Waals surface area (Å²) in [4.78, 5) is 6.51. The highest BCUT2D eigenvalue weighted by Crippen LogP contribution is 2.27. The molecule has 15 heavy (non-hydrogen) atoms. The Morgan fingerprint density at radius 1 is 1.47 bits per heavy atom. The minimum absolute atomic E-state index is 0.565. The number of fused-ring (bicyclic) bond motifs is 1. The van der Waals surface area contributed by atoms with Gasteiger partial charge in [0.25, 0.3) is 0 Å². The molecule has 1 aromatic rings. The van der Waals surface area contributed by atoms with Crippen molar-refractivity contribution in [3.8, 4) is 0 Å². The number of nitrogens with one attached hydrogen (secondary N) is 1. The number of halogens is 1. The van der Waals surface area contributed by atoms with Crippen molar-refractivity contribution in [2.45, 2.75) is 12.5 Å². The van der Waals surface area contributed by atoms with Gasteiger partial charge in [0, 0.05) is 19.1 Å². The molecule has 3 rings (SSSR count). The van der Waals surface area contributed by atoms with E-state index in [0.717, 1.165) is 19.0 Å². The number of hydrogen-bond acceptors (Lipinski definition) is 3. The predicted molar refractivity (Wildman–Crippen MR) is 61.4 cm³/mol. The SMILES string of the molecule is Clc1ccc(N2CC[C@@H]3CN[C@@H]3C2)cn1. The maximum absolute atomic E-state index is 5.77. The second kappa shape index (κ2) is 3.65. The van der Waals surface area contributed by atoms with Crippen LogP contribution < -0.4 is 10.2 Å². The Hall–Kier alpha value is -0.800. The van der Waals surface area contributed by atoms with Crippen molar-refractivity contribution in [1.29, 1.82) is 0 Å². The highest BCUT2D eigenvalue weighted by molar-refractivity contribution is 6.29. The van der Waals surface area contributed by atoms with Gasteiger partial charge < -0.3 is 10.2 Å². The number of rotatable bonds is 1. The molecule has 2 aliphatic heterocycles. The molecule has 1 N–H and O–H groups in total. The Balaban J connectivity index is 1.74. The van der Waals surface area contributed by atoms with Crippen LogP contribution >= 0.6 is 11.6 Å². The smallest absolute Gasteiger partial charge is 0.129 e. The number of aromatic nitrogens is 1. The van der Waals surface area contributed by atoms with Crippen molar-refractivity contribution in [3.63, 3.8) is 0 Å². The molecule has 0 bridgehead atoms. The summed E-state index contributed by atoms with van der Waals surface area (Å²) in [6.45, 7) is 3.46. The lowest BCUT2D eigenvalue weighted by atomic mass is 9.85. The first kappa shape index (κ1) is 9.43. The van der Waals surface area contributed by atoms with E-state index in [2.05, 4.69) is 15.2 Å². The van der Waals surface area contributed by atoms with Gasteiger partial charge in [0.05, 0.1) is 11.9 Å². The highest BCUT2D eigenvalue weighted by atomic mass is 35.5. The summed E-state index contributed by atoms with van der Waals surface area (Å²) in [5.41, 5.74) is 1.19. The Bertz CT molecular complexity index is 351. The van der Waals surface area contributed by atoms with Gasteiger partial charge in [-0.2, -0.15) is 0 Å². The zero-order chi connectivity index (χ0) is 10.3. The van der Waals surface area contributed by atoms with Gasteiger partial charge in [-0.1, -0.05) is 11.6 Å². The van der Waals surface area contributed by atoms with Crippen LogP contribution in [0.5, 0.6) is 0 Å². The molecule has 0 amide bonds. The van der Waals surface area contributed by atoms with Gasteiger partial charge in [-0.05, 0) is 31.0 Å². The number of nitrogens with zero attached hydrogens (tertiary/aromatic N) is 2.